The van der Waals surface area contributed by atoms with Gasteiger partial charge in [0.25, 0.3) is 0 Å². The number of pyridine rings is 1. The minimum Gasteiger partial charge on any atom is -0.493 e. The summed E-state index contributed by atoms with van der Waals surface area (Å²) >= 11 is 0. The number of halogens is 1. The molecule has 0 unspecified atom stereocenters. The Balaban J connectivity index is 2.30. The van der Waals surface area contributed by atoms with E-state index in [1.165, 1.54) is 6.07 Å². The molecule has 0 radical (unpaired) electrons. The third-order valence-corrected chi connectivity index (χ3v) is 4.55. The Morgan fingerprint density at radius 1 is 1.12 bits per heavy atom. The number of benzene rings is 1. The van der Waals surface area contributed by atoms with Crippen LogP contribution in [0.3, 0.4) is 0 Å². The van der Waals surface area contributed by atoms with Crippen molar-refractivity contribution in [3.05, 3.63) is 46.9 Å². The van der Waals surface area contributed by atoms with Crippen LogP contribution in [0.25, 0.3) is 11.3 Å². The maximum Gasteiger partial charge on any atom is 0.146 e. The molecule has 2 rings (SSSR count). The fourth-order valence-electron chi connectivity index (χ4n) is 2.73. The molecule has 0 aliphatic rings. The minimum atomic E-state index is -0.272. The molecule has 4 heteroatoms. The van der Waals surface area contributed by atoms with Crippen LogP contribution in [-0.4, -0.2) is 17.6 Å². The smallest absolute Gasteiger partial charge is 0.146 e. The second-order valence-electron chi connectivity index (χ2n) is 6.91. The first-order valence-electron chi connectivity index (χ1n) is 8.96. The predicted molar refractivity (Wildman–Crippen MR) is 101 cm³/mol. The Kier molecular flexibility index (Phi) is 6.54. The van der Waals surface area contributed by atoms with E-state index in [1.54, 1.807) is 6.07 Å². The quantitative estimate of drug-likeness (QED) is 0.764. The largest absolute Gasteiger partial charge is 0.493 e. The lowest BCUT2D eigenvalue weighted by Gasteiger charge is -2.18. The minimum absolute atomic E-state index is 0.272. The molecule has 0 saturated heterocycles. The molecule has 136 valence electrons. The topological polar surface area (TPSA) is 34.1 Å². The molecule has 2 aromatic rings. The standard InChI is InChI=1S/C21H29FN2O/c1-7-25-21-14(4)10-17(11-15(21)5)19-9-8-18(22)20(24-19)12-23-16(6)13(2)3/h8-11,13,16,23H,7,12H2,1-6H3/t16-/m1/s1. The van der Waals surface area contributed by atoms with Gasteiger partial charge in [-0.3, -0.25) is 0 Å². The van der Waals surface area contributed by atoms with Crippen LogP contribution in [0.1, 0.15) is 44.5 Å². The summed E-state index contributed by atoms with van der Waals surface area (Å²) in [6, 6.07) is 7.64. The molecule has 25 heavy (non-hydrogen) atoms. The Bertz CT molecular complexity index is 705. The molecule has 1 heterocycles. The van der Waals surface area contributed by atoms with Gasteiger partial charge in [-0.15, -0.1) is 0 Å². The van der Waals surface area contributed by atoms with E-state index in [-0.39, 0.29) is 5.82 Å². The summed E-state index contributed by atoms with van der Waals surface area (Å²) in [7, 11) is 0. The van der Waals surface area contributed by atoms with Crippen LogP contribution in [0, 0.1) is 25.6 Å². The number of hydrogen-bond acceptors (Lipinski definition) is 3. The fraction of sp³-hybridized carbons (Fsp3) is 0.476. The highest BCUT2D eigenvalue weighted by Crippen LogP contribution is 2.29. The van der Waals surface area contributed by atoms with Gasteiger partial charge in [0.2, 0.25) is 0 Å². The maximum absolute atomic E-state index is 14.1. The van der Waals surface area contributed by atoms with Gasteiger partial charge in [0.1, 0.15) is 11.6 Å². The Hall–Kier alpha value is -1.94. The molecule has 1 atom stereocenters. The average molecular weight is 344 g/mol. The van der Waals surface area contributed by atoms with Crippen molar-refractivity contribution in [3.8, 4) is 17.0 Å². The van der Waals surface area contributed by atoms with Crippen LogP contribution >= 0.6 is 0 Å². The van der Waals surface area contributed by atoms with E-state index in [1.807, 2.05) is 32.9 Å². The number of ether oxygens (including phenoxy) is 1. The first-order chi connectivity index (χ1) is 11.8. The maximum atomic E-state index is 14.1. The lowest BCUT2D eigenvalue weighted by atomic mass is 10.0. The van der Waals surface area contributed by atoms with E-state index in [9.17, 15) is 4.39 Å². The van der Waals surface area contributed by atoms with E-state index in [0.717, 1.165) is 28.1 Å². The van der Waals surface area contributed by atoms with Crippen molar-refractivity contribution in [1.29, 1.82) is 0 Å². The van der Waals surface area contributed by atoms with Crippen LogP contribution in [0.2, 0.25) is 0 Å². The third kappa shape index (κ3) is 4.79. The Morgan fingerprint density at radius 3 is 2.32 bits per heavy atom. The molecule has 0 fully saturated rings. The number of nitrogens with one attached hydrogen (secondary N) is 1. The summed E-state index contributed by atoms with van der Waals surface area (Å²) in [4.78, 5) is 4.55. The van der Waals surface area contributed by atoms with Gasteiger partial charge in [0.05, 0.1) is 18.0 Å². The third-order valence-electron chi connectivity index (χ3n) is 4.55. The van der Waals surface area contributed by atoms with E-state index in [0.29, 0.717) is 30.8 Å². The van der Waals surface area contributed by atoms with Crippen molar-refractivity contribution >= 4 is 0 Å². The first-order valence-corrected chi connectivity index (χ1v) is 8.96. The monoisotopic (exact) mass is 344 g/mol. The number of nitrogens with zero attached hydrogens (tertiary/aromatic N) is 1. The van der Waals surface area contributed by atoms with E-state index >= 15 is 0 Å². The van der Waals surface area contributed by atoms with Gasteiger partial charge < -0.3 is 10.1 Å². The summed E-state index contributed by atoms with van der Waals surface area (Å²) in [6.45, 7) is 13.5. The zero-order valence-electron chi connectivity index (χ0n) is 16.1. The molecular weight excluding hydrogens is 315 g/mol. The lowest BCUT2D eigenvalue weighted by Crippen LogP contribution is -2.30. The highest BCUT2D eigenvalue weighted by molar-refractivity contribution is 5.64. The van der Waals surface area contributed by atoms with Crippen molar-refractivity contribution in [2.75, 3.05) is 6.61 Å². The van der Waals surface area contributed by atoms with Crippen molar-refractivity contribution in [3.63, 3.8) is 0 Å². The molecule has 0 amide bonds. The Labute approximate surface area is 150 Å². The van der Waals surface area contributed by atoms with Gasteiger partial charge in [-0.1, -0.05) is 13.8 Å². The molecule has 1 aromatic heterocycles. The first kappa shape index (κ1) is 19.4. The van der Waals surface area contributed by atoms with Gasteiger partial charge in [0.15, 0.2) is 0 Å². The summed E-state index contributed by atoms with van der Waals surface area (Å²) in [6.07, 6.45) is 0. The van der Waals surface area contributed by atoms with Crippen LogP contribution in [-0.2, 0) is 6.54 Å². The second-order valence-corrected chi connectivity index (χ2v) is 6.91. The molecule has 0 aliphatic heterocycles. The van der Waals surface area contributed by atoms with Crippen molar-refractivity contribution in [2.45, 2.75) is 54.1 Å². The lowest BCUT2D eigenvalue weighted by molar-refractivity contribution is 0.335. The summed E-state index contributed by atoms with van der Waals surface area (Å²) < 4.78 is 19.8. The van der Waals surface area contributed by atoms with Crippen LogP contribution in [0.15, 0.2) is 24.3 Å². The normalized spacial score (nSPS) is 12.5. The molecule has 0 aliphatic carbocycles. The Morgan fingerprint density at radius 2 is 1.76 bits per heavy atom. The molecular formula is C21H29FN2O. The van der Waals surface area contributed by atoms with E-state index in [2.05, 4.69) is 31.1 Å². The number of aromatic nitrogens is 1. The van der Waals surface area contributed by atoms with Gasteiger partial charge in [-0.2, -0.15) is 0 Å². The van der Waals surface area contributed by atoms with Crippen LogP contribution in [0.5, 0.6) is 5.75 Å². The SMILES string of the molecule is CCOc1c(C)cc(-c2ccc(F)c(CN[C@H](C)C(C)C)n2)cc1C. The van der Waals surface area contributed by atoms with Gasteiger partial charge in [-0.05, 0) is 69.0 Å². The highest BCUT2D eigenvalue weighted by atomic mass is 19.1. The zero-order valence-corrected chi connectivity index (χ0v) is 16.1. The van der Waals surface area contributed by atoms with Crippen LogP contribution in [0.4, 0.5) is 4.39 Å². The van der Waals surface area contributed by atoms with Crippen molar-refractivity contribution in [2.24, 2.45) is 5.92 Å². The molecule has 1 aromatic carbocycles. The van der Waals surface area contributed by atoms with E-state index in [4.69, 9.17) is 4.74 Å². The van der Waals surface area contributed by atoms with Crippen molar-refractivity contribution in [1.82, 2.24) is 10.3 Å². The molecule has 3 nitrogen and oxygen atoms in total. The summed E-state index contributed by atoms with van der Waals surface area (Å²) in [5, 5.41) is 3.34. The number of hydrogen-bond donors (Lipinski definition) is 1. The van der Waals surface area contributed by atoms with Gasteiger partial charge >= 0.3 is 0 Å². The predicted octanol–water partition coefficient (Wildman–Crippen LogP) is 5.04. The van der Waals surface area contributed by atoms with Crippen LogP contribution < -0.4 is 10.1 Å². The zero-order chi connectivity index (χ0) is 18.6. The average Bonchev–Trinajstić information content (AvgIpc) is 2.56. The summed E-state index contributed by atoms with van der Waals surface area (Å²) in [5.74, 6) is 1.13. The fourth-order valence-corrected chi connectivity index (χ4v) is 2.73. The number of rotatable bonds is 7. The molecule has 0 saturated carbocycles. The second kappa shape index (κ2) is 8.43. The highest BCUT2D eigenvalue weighted by Gasteiger charge is 2.13. The summed E-state index contributed by atoms with van der Waals surface area (Å²) in [5.41, 5.74) is 4.35. The molecule has 1 N–H and O–H groups in total. The molecule has 0 bridgehead atoms. The number of aryl methyl sites for hydroxylation is 2. The van der Waals surface area contributed by atoms with Gasteiger partial charge in [-0.25, -0.2) is 9.37 Å². The molecule has 0 spiro atoms. The van der Waals surface area contributed by atoms with Crippen molar-refractivity contribution < 1.29 is 9.13 Å². The van der Waals surface area contributed by atoms with E-state index < -0.39 is 0 Å². The van der Waals surface area contributed by atoms with Gasteiger partial charge in [0, 0.05) is 18.2 Å².